The zero-order valence-electron chi connectivity index (χ0n) is 9.64. The zero-order valence-corrected chi connectivity index (χ0v) is 13.6. The predicted octanol–water partition coefficient (Wildman–Crippen LogP) is 2.52. The molecule has 0 unspecified atom stereocenters. The Morgan fingerprint density at radius 2 is 2.00 bits per heavy atom. The smallest absolute Gasteiger partial charge is 0.266 e. The van der Waals surface area contributed by atoms with Gasteiger partial charge in [-0.15, -0.1) is 0 Å². The molecule has 3 N–H and O–H groups in total. The summed E-state index contributed by atoms with van der Waals surface area (Å²) in [5.41, 5.74) is 5.60. The van der Waals surface area contributed by atoms with E-state index < -0.39 is 20.7 Å². The molecule has 0 atom stereocenters. The summed E-state index contributed by atoms with van der Waals surface area (Å²) in [4.78, 5) is 7.20. The second-order valence-electron chi connectivity index (χ2n) is 3.63. The van der Waals surface area contributed by atoms with Crippen LogP contribution in [0.3, 0.4) is 0 Å². The Balaban J connectivity index is 2.43. The molecule has 2 aromatic rings. The van der Waals surface area contributed by atoms with E-state index in [0.29, 0.717) is 4.60 Å². The Labute approximate surface area is 130 Å². The van der Waals surface area contributed by atoms with E-state index >= 15 is 0 Å². The third kappa shape index (κ3) is 3.25. The van der Waals surface area contributed by atoms with Gasteiger partial charge in [0.1, 0.15) is 15.3 Å². The molecule has 0 radical (unpaired) electrons. The van der Waals surface area contributed by atoms with Crippen molar-refractivity contribution in [3.63, 3.8) is 0 Å². The van der Waals surface area contributed by atoms with E-state index in [1.807, 2.05) is 0 Å². The number of hydrogen-bond acceptors (Lipinski definition) is 5. The number of nitrogens with one attached hydrogen (secondary N) is 1. The summed E-state index contributed by atoms with van der Waals surface area (Å²) in [7, 11) is -4.15. The van der Waals surface area contributed by atoms with Crippen LogP contribution in [0, 0.1) is 5.82 Å². The second kappa shape index (κ2) is 5.62. The van der Waals surface area contributed by atoms with Crippen molar-refractivity contribution in [3.8, 4) is 0 Å². The highest BCUT2D eigenvalue weighted by atomic mass is 79.9. The Bertz CT molecular complexity index is 770. The van der Waals surface area contributed by atoms with Crippen molar-refractivity contribution in [2.45, 2.75) is 4.90 Å². The lowest BCUT2D eigenvalue weighted by molar-refractivity contribution is 0.570. The molecule has 0 fully saturated rings. The van der Waals surface area contributed by atoms with Crippen LogP contribution in [-0.4, -0.2) is 18.4 Å². The van der Waals surface area contributed by atoms with Gasteiger partial charge >= 0.3 is 0 Å². The lowest BCUT2D eigenvalue weighted by Gasteiger charge is -2.09. The minimum Gasteiger partial charge on any atom is -0.399 e. The third-order valence-corrected chi connectivity index (χ3v) is 4.47. The molecule has 10 heteroatoms. The van der Waals surface area contributed by atoms with Gasteiger partial charge in [-0.25, -0.2) is 22.8 Å². The molecule has 0 spiro atoms. The summed E-state index contributed by atoms with van der Waals surface area (Å²) in [6, 6.07) is 3.27. The van der Waals surface area contributed by atoms with E-state index in [4.69, 9.17) is 5.73 Å². The highest BCUT2D eigenvalue weighted by molar-refractivity contribution is 9.11. The molecule has 20 heavy (non-hydrogen) atoms. The third-order valence-electron chi connectivity index (χ3n) is 2.18. The van der Waals surface area contributed by atoms with Crippen molar-refractivity contribution in [2.24, 2.45) is 0 Å². The number of aromatic nitrogens is 2. The average Bonchev–Trinajstić information content (AvgIpc) is 2.35. The number of nitrogens with two attached hydrogens (primary N) is 1. The molecule has 0 aliphatic heterocycles. The van der Waals surface area contributed by atoms with Crippen LogP contribution in [0.5, 0.6) is 0 Å². The monoisotopic (exact) mass is 424 g/mol. The number of hydrogen-bond donors (Lipinski definition) is 2. The quantitative estimate of drug-likeness (QED) is 0.736. The molecule has 6 nitrogen and oxygen atoms in total. The van der Waals surface area contributed by atoms with Crippen LogP contribution in [-0.2, 0) is 10.0 Å². The van der Waals surface area contributed by atoms with Crippen LogP contribution in [0.2, 0.25) is 0 Å². The minimum absolute atomic E-state index is 0.0602. The van der Waals surface area contributed by atoms with Crippen LogP contribution < -0.4 is 10.5 Å². The summed E-state index contributed by atoms with van der Waals surface area (Å²) in [5, 5.41) is 0. The van der Waals surface area contributed by atoms with Gasteiger partial charge in [0.25, 0.3) is 10.0 Å². The molecule has 2 rings (SSSR count). The number of sulfonamides is 1. The van der Waals surface area contributed by atoms with Crippen LogP contribution in [0.4, 0.5) is 15.9 Å². The van der Waals surface area contributed by atoms with Crippen LogP contribution in [0.25, 0.3) is 0 Å². The number of anilines is 2. The topological polar surface area (TPSA) is 98.0 Å². The molecule has 0 saturated carbocycles. The lowest BCUT2D eigenvalue weighted by Crippen LogP contribution is -2.16. The molecular weight excluding hydrogens is 419 g/mol. The summed E-state index contributed by atoms with van der Waals surface area (Å²) >= 11 is 6.14. The molecule has 0 saturated heterocycles. The van der Waals surface area contributed by atoms with Gasteiger partial charge in [-0.05, 0) is 50.1 Å². The molecule has 0 bridgehead atoms. The van der Waals surface area contributed by atoms with Gasteiger partial charge in [0, 0.05) is 5.69 Å². The molecule has 0 aliphatic carbocycles. The van der Waals surface area contributed by atoms with Crippen molar-refractivity contribution < 1.29 is 12.8 Å². The van der Waals surface area contributed by atoms with E-state index in [9.17, 15) is 12.8 Å². The van der Waals surface area contributed by atoms with Gasteiger partial charge in [0.2, 0.25) is 0 Å². The van der Waals surface area contributed by atoms with Crippen LogP contribution >= 0.6 is 31.9 Å². The molecule has 0 aliphatic rings. The highest BCUT2D eigenvalue weighted by Gasteiger charge is 2.21. The molecule has 0 amide bonds. The molecule has 1 aromatic heterocycles. The number of benzene rings is 1. The largest absolute Gasteiger partial charge is 0.399 e. The molecular formula is C10H7Br2FN4O2S. The van der Waals surface area contributed by atoms with E-state index in [-0.39, 0.29) is 16.1 Å². The first-order valence-electron chi connectivity index (χ1n) is 5.05. The molecule has 1 heterocycles. The van der Waals surface area contributed by atoms with Gasteiger partial charge in [0.15, 0.2) is 10.4 Å². The number of halogens is 3. The normalized spacial score (nSPS) is 11.3. The van der Waals surface area contributed by atoms with Gasteiger partial charge in [-0.3, -0.25) is 4.72 Å². The maximum Gasteiger partial charge on any atom is 0.266 e. The SMILES string of the molecule is Nc1ccc(F)c(S(=O)(=O)Nc2ncc(Br)nc2Br)c1. The first-order chi connectivity index (χ1) is 9.29. The Kier molecular flexibility index (Phi) is 4.25. The maximum absolute atomic E-state index is 13.6. The number of nitrogen functional groups attached to an aromatic ring is 1. The van der Waals surface area contributed by atoms with Crippen molar-refractivity contribution >= 4 is 53.4 Å². The lowest BCUT2D eigenvalue weighted by atomic mass is 10.3. The van der Waals surface area contributed by atoms with Crippen LogP contribution in [0.15, 0.2) is 38.5 Å². The van der Waals surface area contributed by atoms with E-state index in [1.165, 1.54) is 12.3 Å². The van der Waals surface area contributed by atoms with Gasteiger partial charge in [-0.2, -0.15) is 0 Å². The van der Waals surface area contributed by atoms with E-state index in [1.54, 1.807) is 0 Å². The summed E-state index contributed by atoms with van der Waals surface area (Å²) < 4.78 is 40.5. The van der Waals surface area contributed by atoms with Gasteiger partial charge < -0.3 is 5.73 Å². The van der Waals surface area contributed by atoms with Gasteiger partial charge in [-0.1, -0.05) is 0 Å². The Morgan fingerprint density at radius 3 is 2.65 bits per heavy atom. The first-order valence-corrected chi connectivity index (χ1v) is 8.12. The summed E-state index contributed by atoms with van der Waals surface area (Å²) in [6.07, 6.45) is 1.30. The van der Waals surface area contributed by atoms with Crippen molar-refractivity contribution in [3.05, 3.63) is 39.4 Å². The first kappa shape index (κ1) is 15.1. The zero-order chi connectivity index (χ0) is 14.9. The Hall–Kier alpha value is -1.26. The van der Waals surface area contributed by atoms with E-state index in [0.717, 1.165) is 12.1 Å². The van der Waals surface area contributed by atoms with Crippen molar-refractivity contribution in [1.82, 2.24) is 9.97 Å². The predicted molar refractivity (Wildman–Crippen MR) is 79.1 cm³/mol. The minimum atomic E-state index is -4.15. The number of rotatable bonds is 3. The average molecular weight is 426 g/mol. The van der Waals surface area contributed by atoms with Crippen LogP contribution in [0.1, 0.15) is 0 Å². The second-order valence-corrected chi connectivity index (χ2v) is 6.84. The summed E-state index contributed by atoms with van der Waals surface area (Å²) in [6.45, 7) is 0. The fraction of sp³-hybridized carbons (Fsp3) is 0. The van der Waals surface area contributed by atoms with Crippen molar-refractivity contribution in [1.29, 1.82) is 0 Å². The fourth-order valence-electron chi connectivity index (χ4n) is 1.32. The van der Waals surface area contributed by atoms with E-state index in [2.05, 4.69) is 46.5 Å². The fourth-order valence-corrected chi connectivity index (χ4v) is 3.49. The molecule has 1 aromatic carbocycles. The number of nitrogens with zero attached hydrogens (tertiary/aromatic N) is 2. The molecule has 106 valence electrons. The maximum atomic E-state index is 13.6. The standard InChI is InChI=1S/C10H7Br2FN4O2S/c11-8-4-15-10(9(12)16-8)17-20(18,19)7-3-5(14)1-2-6(7)13/h1-4H,14H2,(H,15,17). The van der Waals surface area contributed by atoms with Gasteiger partial charge in [0.05, 0.1) is 6.20 Å². The highest BCUT2D eigenvalue weighted by Crippen LogP contribution is 2.24. The van der Waals surface area contributed by atoms with Crippen molar-refractivity contribution in [2.75, 3.05) is 10.5 Å². The Morgan fingerprint density at radius 1 is 1.30 bits per heavy atom. The summed E-state index contributed by atoms with van der Waals surface area (Å²) in [5.74, 6) is -0.970.